The number of aryl methyl sites for hydroxylation is 1. The van der Waals surface area contributed by atoms with Gasteiger partial charge >= 0.3 is 0 Å². The molecule has 2 nitrogen and oxygen atoms in total. The lowest BCUT2D eigenvalue weighted by atomic mass is 10.2. The van der Waals surface area contributed by atoms with Gasteiger partial charge in [-0.1, -0.05) is 35.9 Å². The molecule has 14 heavy (non-hydrogen) atoms. The van der Waals surface area contributed by atoms with Gasteiger partial charge in [0.25, 0.3) is 0 Å². The lowest BCUT2D eigenvalue weighted by Gasteiger charge is -1.82. The normalized spacial score (nSPS) is 16.7. The van der Waals surface area contributed by atoms with Gasteiger partial charge in [-0.05, 0) is 6.92 Å². The van der Waals surface area contributed by atoms with Crippen molar-refractivity contribution in [2.24, 2.45) is 0 Å². The summed E-state index contributed by atoms with van der Waals surface area (Å²) in [6.45, 7) is 3.04. The quantitative estimate of drug-likeness (QED) is 0.541. The summed E-state index contributed by atoms with van der Waals surface area (Å²) in [5, 5.41) is 8.08. The highest BCUT2D eigenvalue weighted by atomic mass is 16.6. The fourth-order valence-corrected chi connectivity index (χ4v) is 0.708. The van der Waals surface area contributed by atoms with Crippen LogP contribution in [-0.4, -0.2) is 24.4 Å². The highest BCUT2D eigenvalue weighted by Gasteiger charge is 2.19. The van der Waals surface area contributed by atoms with E-state index in [2.05, 4.69) is 36.6 Å². The van der Waals surface area contributed by atoms with E-state index in [9.17, 15) is 0 Å². The molecular formula is C12H16O2. The first-order valence-electron chi connectivity index (χ1n) is 4.40. The van der Waals surface area contributed by atoms with Gasteiger partial charge in [-0.15, -0.1) is 12.8 Å². The number of rotatable bonds is 1. The number of hydrogen-bond donors (Lipinski definition) is 1. The number of aliphatic hydroxyl groups is 1. The Morgan fingerprint density at radius 1 is 1.36 bits per heavy atom. The molecule has 0 spiro atoms. The molecular weight excluding hydrogens is 176 g/mol. The average Bonchev–Trinajstić information content (AvgIpc) is 3.06. The molecule has 0 amide bonds. The second-order valence-electron chi connectivity index (χ2n) is 2.79. The summed E-state index contributed by atoms with van der Waals surface area (Å²) in [4.78, 5) is 0. The molecule has 2 heteroatoms. The van der Waals surface area contributed by atoms with E-state index in [1.165, 1.54) is 5.56 Å². The molecule has 0 bridgehead atoms. The van der Waals surface area contributed by atoms with Crippen molar-refractivity contribution >= 4 is 0 Å². The predicted octanol–water partition coefficient (Wildman–Crippen LogP) is 1.62. The number of epoxide rings is 1. The van der Waals surface area contributed by atoms with Gasteiger partial charge in [0.05, 0.1) is 13.2 Å². The number of ether oxygens (including phenoxy) is 1. The van der Waals surface area contributed by atoms with Crippen LogP contribution in [0.5, 0.6) is 0 Å². The van der Waals surface area contributed by atoms with Crippen LogP contribution in [0.15, 0.2) is 30.3 Å². The predicted molar refractivity (Wildman–Crippen MR) is 57.9 cm³/mol. The van der Waals surface area contributed by atoms with E-state index < -0.39 is 0 Å². The Kier molecular flexibility index (Phi) is 7.53. The van der Waals surface area contributed by atoms with Crippen LogP contribution in [0.25, 0.3) is 0 Å². The molecule has 1 aromatic rings. The van der Waals surface area contributed by atoms with Crippen molar-refractivity contribution in [1.82, 2.24) is 0 Å². The van der Waals surface area contributed by atoms with Crippen LogP contribution in [0.1, 0.15) is 5.56 Å². The molecule has 76 valence electrons. The second-order valence-corrected chi connectivity index (χ2v) is 2.79. The molecule has 1 fully saturated rings. The van der Waals surface area contributed by atoms with Crippen LogP contribution in [0, 0.1) is 19.8 Å². The third-order valence-electron chi connectivity index (χ3n) is 1.55. The van der Waals surface area contributed by atoms with Crippen LogP contribution >= 0.6 is 0 Å². The minimum atomic E-state index is 0.190. The van der Waals surface area contributed by atoms with Crippen molar-refractivity contribution in [2.45, 2.75) is 13.0 Å². The van der Waals surface area contributed by atoms with E-state index >= 15 is 0 Å². The molecule has 0 saturated carbocycles. The van der Waals surface area contributed by atoms with E-state index in [4.69, 9.17) is 5.11 Å². The summed E-state index contributed by atoms with van der Waals surface area (Å²) < 4.78 is 4.61. The Morgan fingerprint density at radius 2 is 1.86 bits per heavy atom. The fraction of sp³-hybridized carbons (Fsp3) is 0.333. The van der Waals surface area contributed by atoms with Gasteiger partial charge in [-0.2, -0.15) is 0 Å². The van der Waals surface area contributed by atoms with E-state index in [1.807, 2.05) is 18.2 Å². The molecule has 0 radical (unpaired) electrons. The van der Waals surface area contributed by atoms with Crippen LogP contribution in [0.4, 0.5) is 0 Å². The maximum atomic E-state index is 8.08. The summed E-state index contributed by atoms with van der Waals surface area (Å²) in [6, 6.07) is 10.3. The lowest BCUT2D eigenvalue weighted by Crippen LogP contribution is -1.88. The minimum Gasteiger partial charge on any atom is -0.394 e. The molecule has 1 N–H and O–H groups in total. The second kappa shape index (κ2) is 8.31. The Bertz CT molecular complexity index is 237. The lowest BCUT2D eigenvalue weighted by molar-refractivity contribution is 0.244. The van der Waals surface area contributed by atoms with E-state index in [1.54, 1.807) is 0 Å². The van der Waals surface area contributed by atoms with Crippen molar-refractivity contribution in [1.29, 1.82) is 0 Å². The first-order valence-corrected chi connectivity index (χ1v) is 4.40. The van der Waals surface area contributed by atoms with Crippen molar-refractivity contribution < 1.29 is 9.84 Å². The molecule has 1 heterocycles. The molecule has 0 aromatic heterocycles. The molecule has 1 aromatic carbocycles. The van der Waals surface area contributed by atoms with Gasteiger partial charge in [-0.3, -0.25) is 0 Å². The molecule has 2 rings (SSSR count). The zero-order valence-corrected chi connectivity index (χ0v) is 8.39. The smallest absolute Gasteiger partial charge is 0.104 e. The first-order chi connectivity index (χ1) is 6.83. The number of aliphatic hydroxyl groups excluding tert-OH is 1. The van der Waals surface area contributed by atoms with Crippen molar-refractivity contribution in [3.8, 4) is 12.8 Å². The first kappa shape index (κ1) is 12.7. The molecule has 1 atom stereocenters. The number of benzene rings is 1. The van der Waals surface area contributed by atoms with Gasteiger partial charge in [0, 0.05) is 0 Å². The Labute approximate surface area is 85.5 Å². The van der Waals surface area contributed by atoms with Crippen molar-refractivity contribution in [3.63, 3.8) is 0 Å². The van der Waals surface area contributed by atoms with Crippen LogP contribution < -0.4 is 0 Å². The third-order valence-corrected chi connectivity index (χ3v) is 1.55. The monoisotopic (exact) mass is 192 g/mol. The average molecular weight is 192 g/mol. The SMILES string of the molecule is C#C.Cc1ccccc1.OC[C@H]1CO1. The highest BCUT2D eigenvalue weighted by molar-refractivity contribution is 5.11. The maximum absolute atomic E-state index is 8.08. The van der Waals surface area contributed by atoms with Crippen LogP contribution in [0.2, 0.25) is 0 Å². The van der Waals surface area contributed by atoms with Gasteiger partial charge in [0.1, 0.15) is 6.10 Å². The van der Waals surface area contributed by atoms with Crippen molar-refractivity contribution in [3.05, 3.63) is 35.9 Å². The largest absolute Gasteiger partial charge is 0.394 e. The summed E-state index contributed by atoms with van der Waals surface area (Å²) >= 11 is 0. The summed E-state index contributed by atoms with van der Waals surface area (Å²) in [7, 11) is 0. The topological polar surface area (TPSA) is 32.8 Å². The molecule has 1 aliphatic heterocycles. The third kappa shape index (κ3) is 7.35. The van der Waals surface area contributed by atoms with E-state index in [0.29, 0.717) is 0 Å². The Balaban J connectivity index is 0.000000213. The van der Waals surface area contributed by atoms with Gasteiger partial charge in [0.2, 0.25) is 0 Å². The molecule has 0 aliphatic carbocycles. The molecule has 1 aliphatic rings. The summed E-state index contributed by atoms with van der Waals surface area (Å²) in [5.74, 6) is 0. The van der Waals surface area contributed by atoms with Gasteiger partial charge < -0.3 is 9.84 Å². The van der Waals surface area contributed by atoms with Gasteiger partial charge in [0.15, 0.2) is 0 Å². The van der Waals surface area contributed by atoms with E-state index in [0.717, 1.165) is 6.61 Å². The zero-order valence-electron chi connectivity index (χ0n) is 8.39. The Morgan fingerprint density at radius 3 is 2.00 bits per heavy atom. The van der Waals surface area contributed by atoms with E-state index in [-0.39, 0.29) is 12.7 Å². The number of terminal acetylenes is 1. The van der Waals surface area contributed by atoms with Crippen LogP contribution in [-0.2, 0) is 4.74 Å². The fourth-order valence-electron chi connectivity index (χ4n) is 0.708. The summed E-state index contributed by atoms with van der Waals surface area (Å²) in [5.41, 5.74) is 1.32. The zero-order chi connectivity index (χ0) is 10.8. The van der Waals surface area contributed by atoms with Gasteiger partial charge in [-0.25, -0.2) is 0 Å². The standard InChI is InChI=1S/C7H8.C3H6O2.C2H2/c1-7-5-3-2-4-6-7;4-1-3-2-5-3;1-2/h2-6H,1H3;3-4H,1-2H2;1-2H/t;3-;/m.0./s1. The summed E-state index contributed by atoms with van der Waals surface area (Å²) in [6.07, 6.45) is 8.19. The highest BCUT2D eigenvalue weighted by Crippen LogP contribution is 2.04. The molecule has 1 saturated heterocycles. The molecule has 0 unspecified atom stereocenters. The Hall–Kier alpha value is -1.30. The maximum Gasteiger partial charge on any atom is 0.104 e. The van der Waals surface area contributed by atoms with Crippen molar-refractivity contribution in [2.75, 3.05) is 13.2 Å². The van der Waals surface area contributed by atoms with Crippen LogP contribution in [0.3, 0.4) is 0 Å². The number of hydrogen-bond acceptors (Lipinski definition) is 2. The minimum absolute atomic E-state index is 0.190.